The average molecular weight is 342 g/mol. The molecule has 0 bridgehead atoms. The lowest BCUT2D eigenvalue weighted by Gasteiger charge is -2.20. The van der Waals surface area contributed by atoms with Crippen LogP contribution in [0.25, 0.3) is 0 Å². The van der Waals surface area contributed by atoms with Crippen molar-refractivity contribution in [1.82, 2.24) is 10.4 Å². The van der Waals surface area contributed by atoms with E-state index in [1.165, 1.54) is 0 Å². The molecular weight excluding hydrogens is 320 g/mol. The van der Waals surface area contributed by atoms with E-state index in [1.807, 2.05) is 44.2 Å². The summed E-state index contributed by atoms with van der Waals surface area (Å²) in [5, 5.41) is 0.867. The Balaban J connectivity index is 1.65. The molecule has 25 heavy (non-hydrogen) atoms. The van der Waals surface area contributed by atoms with E-state index in [2.05, 4.69) is 5.43 Å². The normalized spacial score (nSPS) is 23.4. The van der Waals surface area contributed by atoms with E-state index in [0.717, 1.165) is 16.1 Å². The monoisotopic (exact) mass is 342 g/mol. The van der Waals surface area contributed by atoms with Gasteiger partial charge in [-0.3, -0.25) is 19.8 Å². The number of ether oxygens (including phenoxy) is 1. The molecule has 3 rings (SSSR count). The van der Waals surface area contributed by atoms with Gasteiger partial charge in [-0.2, -0.15) is 5.01 Å². The Morgan fingerprint density at radius 2 is 1.60 bits per heavy atom. The van der Waals surface area contributed by atoms with E-state index in [9.17, 15) is 14.4 Å². The maximum absolute atomic E-state index is 12.4. The number of amides is 3. The number of imide groups is 1. The number of hydrogen-bond acceptors (Lipinski definition) is 4. The van der Waals surface area contributed by atoms with Gasteiger partial charge in [0.05, 0.1) is 11.8 Å². The molecule has 0 radical (unpaired) electrons. The first kappa shape index (κ1) is 17.2. The predicted molar refractivity (Wildman–Crippen MR) is 91.4 cm³/mol. The molecule has 1 heterocycles. The molecule has 0 spiro atoms. The molecule has 1 saturated heterocycles. The molecule has 3 atom stereocenters. The molecule has 1 aliphatic carbocycles. The Morgan fingerprint density at radius 1 is 1.08 bits per heavy atom. The van der Waals surface area contributed by atoms with Gasteiger partial charge in [-0.15, -0.1) is 0 Å². The van der Waals surface area contributed by atoms with E-state index in [-0.39, 0.29) is 23.7 Å². The van der Waals surface area contributed by atoms with Gasteiger partial charge in [0.1, 0.15) is 5.75 Å². The van der Waals surface area contributed by atoms with E-state index in [4.69, 9.17) is 4.74 Å². The molecule has 0 saturated carbocycles. The van der Waals surface area contributed by atoms with Crippen LogP contribution in [-0.4, -0.2) is 28.8 Å². The molecule has 1 aliphatic heterocycles. The number of allylic oxidation sites excluding steroid dienone is 2. The van der Waals surface area contributed by atoms with E-state index >= 15 is 0 Å². The summed E-state index contributed by atoms with van der Waals surface area (Å²) in [6.07, 6.45) is 4.06. The average Bonchev–Trinajstić information content (AvgIpc) is 2.79. The van der Waals surface area contributed by atoms with Crippen molar-refractivity contribution in [2.75, 3.05) is 0 Å². The summed E-state index contributed by atoms with van der Waals surface area (Å²) in [7, 11) is 0. The van der Waals surface area contributed by atoms with Gasteiger partial charge in [0.15, 0.2) is 6.10 Å². The first-order chi connectivity index (χ1) is 11.9. The second-order valence-corrected chi connectivity index (χ2v) is 6.73. The van der Waals surface area contributed by atoms with Crippen LogP contribution in [0.5, 0.6) is 5.75 Å². The first-order valence-electron chi connectivity index (χ1n) is 8.45. The van der Waals surface area contributed by atoms with E-state index < -0.39 is 12.0 Å². The zero-order valence-corrected chi connectivity index (χ0v) is 14.6. The second-order valence-electron chi connectivity index (χ2n) is 6.73. The lowest BCUT2D eigenvalue weighted by Crippen LogP contribution is -2.50. The van der Waals surface area contributed by atoms with Gasteiger partial charge in [0, 0.05) is 0 Å². The maximum atomic E-state index is 12.4. The number of benzene rings is 1. The lowest BCUT2D eigenvalue weighted by atomic mass is 9.85. The Morgan fingerprint density at radius 3 is 2.12 bits per heavy atom. The molecule has 6 heteroatoms. The summed E-state index contributed by atoms with van der Waals surface area (Å²) in [5.41, 5.74) is 4.49. The molecule has 1 aromatic rings. The van der Waals surface area contributed by atoms with Crippen molar-refractivity contribution in [3.8, 4) is 5.75 Å². The van der Waals surface area contributed by atoms with Gasteiger partial charge in [-0.05, 0) is 56.9 Å². The summed E-state index contributed by atoms with van der Waals surface area (Å²) in [6, 6.07) is 5.68. The smallest absolute Gasteiger partial charge is 0.279 e. The third-order valence-corrected chi connectivity index (χ3v) is 4.61. The summed E-state index contributed by atoms with van der Waals surface area (Å²) >= 11 is 0. The fourth-order valence-electron chi connectivity index (χ4n) is 3.37. The molecule has 6 nitrogen and oxygen atoms in total. The van der Waals surface area contributed by atoms with Crippen molar-refractivity contribution in [1.29, 1.82) is 0 Å². The van der Waals surface area contributed by atoms with Crippen LogP contribution >= 0.6 is 0 Å². The Labute approximate surface area is 146 Å². The summed E-state index contributed by atoms with van der Waals surface area (Å²) in [6.45, 7) is 5.48. The number of hydrogen-bond donors (Lipinski definition) is 1. The highest BCUT2D eigenvalue weighted by Crippen LogP contribution is 2.34. The molecule has 0 unspecified atom stereocenters. The zero-order valence-electron chi connectivity index (χ0n) is 14.6. The van der Waals surface area contributed by atoms with Crippen LogP contribution in [0, 0.1) is 25.7 Å². The number of carbonyl (C=O) groups is 3. The minimum Gasteiger partial charge on any atom is -0.481 e. The first-order valence-corrected chi connectivity index (χ1v) is 8.45. The highest BCUT2D eigenvalue weighted by atomic mass is 16.5. The number of hydrazine groups is 1. The number of carbonyl (C=O) groups excluding carboxylic acids is 3. The highest BCUT2D eigenvalue weighted by molar-refractivity contribution is 6.06. The SMILES string of the molecule is Cc1cc(C)cc(O[C@H](C)C(=O)NN2C(=O)[C@H]3CC=CC[C@@H]3C2=O)c1. The fraction of sp³-hybridized carbons (Fsp3) is 0.421. The molecule has 1 aromatic carbocycles. The van der Waals surface area contributed by atoms with Crippen molar-refractivity contribution >= 4 is 17.7 Å². The third-order valence-electron chi connectivity index (χ3n) is 4.61. The van der Waals surface area contributed by atoms with Crippen LogP contribution < -0.4 is 10.2 Å². The predicted octanol–water partition coefficient (Wildman–Crippen LogP) is 2.05. The van der Waals surface area contributed by atoms with Crippen LogP contribution in [0.15, 0.2) is 30.4 Å². The van der Waals surface area contributed by atoms with Crippen molar-refractivity contribution < 1.29 is 19.1 Å². The van der Waals surface area contributed by atoms with Gasteiger partial charge in [-0.1, -0.05) is 18.2 Å². The van der Waals surface area contributed by atoms with Crippen molar-refractivity contribution in [3.05, 3.63) is 41.5 Å². The number of nitrogens with one attached hydrogen (secondary N) is 1. The Hall–Kier alpha value is -2.63. The molecule has 2 aliphatic rings. The summed E-state index contributed by atoms with van der Waals surface area (Å²) in [5.74, 6) is -1.36. The van der Waals surface area contributed by atoms with Crippen LogP contribution in [0.4, 0.5) is 0 Å². The van der Waals surface area contributed by atoms with Crippen molar-refractivity contribution in [3.63, 3.8) is 0 Å². The molecule has 132 valence electrons. The van der Waals surface area contributed by atoms with Gasteiger partial charge in [0.2, 0.25) is 0 Å². The van der Waals surface area contributed by atoms with Crippen LogP contribution in [0.3, 0.4) is 0 Å². The van der Waals surface area contributed by atoms with Gasteiger partial charge in [0.25, 0.3) is 17.7 Å². The number of nitrogens with zero attached hydrogens (tertiary/aromatic N) is 1. The fourth-order valence-corrected chi connectivity index (χ4v) is 3.37. The minimum absolute atomic E-state index is 0.341. The molecule has 3 amide bonds. The Kier molecular flexibility index (Phi) is 4.61. The van der Waals surface area contributed by atoms with Crippen LogP contribution in [0.1, 0.15) is 30.9 Å². The standard InChI is InChI=1S/C19H22N2O4/c1-11-8-12(2)10-14(9-11)25-13(3)17(22)20-21-18(23)15-6-4-5-7-16(15)19(21)24/h4-5,8-10,13,15-16H,6-7H2,1-3H3,(H,20,22)/t13-,15+,16+/m1/s1. The molecule has 1 N–H and O–H groups in total. The summed E-state index contributed by atoms with van der Waals surface area (Å²) < 4.78 is 5.66. The third kappa shape index (κ3) is 3.43. The van der Waals surface area contributed by atoms with Crippen LogP contribution in [-0.2, 0) is 14.4 Å². The van der Waals surface area contributed by atoms with Gasteiger partial charge < -0.3 is 4.74 Å². The highest BCUT2D eigenvalue weighted by Gasteiger charge is 2.48. The Bertz CT molecular complexity index is 710. The molecular formula is C19H22N2O4. The van der Waals surface area contributed by atoms with Crippen molar-refractivity contribution in [2.24, 2.45) is 11.8 Å². The number of rotatable bonds is 4. The number of aryl methyl sites for hydroxylation is 2. The zero-order chi connectivity index (χ0) is 18.1. The number of fused-ring (bicyclic) bond motifs is 1. The van der Waals surface area contributed by atoms with Gasteiger partial charge in [-0.25, -0.2) is 0 Å². The minimum atomic E-state index is -0.831. The molecule has 0 aromatic heterocycles. The van der Waals surface area contributed by atoms with Crippen molar-refractivity contribution in [2.45, 2.75) is 39.7 Å². The van der Waals surface area contributed by atoms with E-state index in [0.29, 0.717) is 18.6 Å². The molecule has 1 fully saturated rings. The quantitative estimate of drug-likeness (QED) is 0.671. The lowest BCUT2D eigenvalue weighted by molar-refractivity contribution is -0.151. The van der Waals surface area contributed by atoms with Gasteiger partial charge >= 0.3 is 0 Å². The van der Waals surface area contributed by atoms with E-state index in [1.54, 1.807) is 6.92 Å². The maximum Gasteiger partial charge on any atom is 0.279 e. The van der Waals surface area contributed by atoms with Crippen LogP contribution in [0.2, 0.25) is 0 Å². The largest absolute Gasteiger partial charge is 0.481 e. The summed E-state index contributed by atoms with van der Waals surface area (Å²) in [4.78, 5) is 37.1. The second kappa shape index (κ2) is 6.70. The topological polar surface area (TPSA) is 75.7 Å².